The second-order valence-corrected chi connectivity index (χ2v) is 4.82. The fourth-order valence-electron chi connectivity index (χ4n) is 1.65. The maximum Gasteiger partial charge on any atom is 0.337 e. The van der Waals surface area contributed by atoms with Crippen molar-refractivity contribution in [3.05, 3.63) is 57.0 Å². The molecular weight excluding hydrogens is 294 g/mol. The Morgan fingerprint density at radius 2 is 1.67 bits per heavy atom. The molecular formula is C13H7Cl3O2. The third-order valence-corrected chi connectivity index (χ3v) is 3.51. The van der Waals surface area contributed by atoms with Gasteiger partial charge in [0.25, 0.3) is 0 Å². The fraction of sp³-hybridized carbons (Fsp3) is 0. The lowest BCUT2D eigenvalue weighted by atomic mass is 10.00. The minimum absolute atomic E-state index is 0.0533. The first-order valence-corrected chi connectivity index (χ1v) is 6.11. The van der Waals surface area contributed by atoms with Crippen molar-refractivity contribution in [1.29, 1.82) is 0 Å². The van der Waals surface area contributed by atoms with Crippen molar-refractivity contribution in [3.8, 4) is 11.1 Å². The minimum atomic E-state index is -1.08. The van der Waals surface area contributed by atoms with E-state index in [-0.39, 0.29) is 10.6 Å². The lowest BCUT2D eigenvalue weighted by Crippen LogP contribution is -2.00. The van der Waals surface area contributed by atoms with E-state index < -0.39 is 5.97 Å². The highest BCUT2D eigenvalue weighted by Gasteiger charge is 2.16. The number of hydrogen-bond acceptors (Lipinski definition) is 1. The summed E-state index contributed by atoms with van der Waals surface area (Å²) in [6.07, 6.45) is 0. The molecule has 2 nitrogen and oxygen atoms in total. The summed E-state index contributed by atoms with van der Waals surface area (Å²) in [6.45, 7) is 0. The van der Waals surface area contributed by atoms with Crippen LogP contribution in [0.5, 0.6) is 0 Å². The van der Waals surface area contributed by atoms with E-state index in [1.165, 1.54) is 6.07 Å². The van der Waals surface area contributed by atoms with Gasteiger partial charge in [-0.05, 0) is 29.3 Å². The molecule has 92 valence electrons. The Morgan fingerprint density at radius 1 is 0.944 bits per heavy atom. The Balaban J connectivity index is 2.67. The van der Waals surface area contributed by atoms with E-state index in [9.17, 15) is 9.90 Å². The van der Waals surface area contributed by atoms with Crippen LogP contribution >= 0.6 is 34.8 Å². The van der Waals surface area contributed by atoms with Crippen molar-refractivity contribution >= 4 is 40.8 Å². The van der Waals surface area contributed by atoms with E-state index in [0.29, 0.717) is 21.2 Å². The van der Waals surface area contributed by atoms with Crippen LogP contribution in [-0.2, 0) is 0 Å². The zero-order chi connectivity index (χ0) is 13.3. The molecule has 0 heterocycles. The van der Waals surface area contributed by atoms with E-state index >= 15 is 0 Å². The van der Waals surface area contributed by atoms with Crippen molar-refractivity contribution in [3.63, 3.8) is 0 Å². The van der Waals surface area contributed by atoms with Crippen molar-refractivity contribution in [2.24, 2.45) is 0 Å². The average Bonchev–Trinajstić information content (AvgIpc) is 2.32. The molecule has 0 fully saturated rings. The second-order valence-electron chi connectivity index (χ2n) is 3.60. The average molecular weight is 302 g/mol. The van der Waals surface area contributed by atoms with Crippen molar-refractivity contribution in [2.75, 3.05) is 0 Å². The smallest absolute Gasteiger partial charge is 0.337 e. The maximum absolute atomic E-state index is 11.2. The molecule has 18 heavy (non-hydrogen) atoms. The fourth-order valence-corrected chi connectivity index (χ4v) is 2.20. The quantitative estimate of drug-likeness (QED) is 0.846. The Morgan fingerprint density at radius 3 is 2.28 bits per heavy atom. The largest absolute Gasteiger partial charge is 0.478 e. The van der Waals surface area contributed by atoms with Crippen LogP contribution in [-0.4, -0.2) is 11.1 Å². The topological polar surface area (TPSA) is 37.3 Å². The molecule has 0 atom stereocenters. The number of benzene rings is 2. The molecule has 0 amide bonds. The molecule has 5 heteroatoms. The molecule has 0 aliphatic rings. The highest BCUT2D eigenvalue weighted by molar-refractivity contribution is 6.42. The molecule has 0 spiro atoms. The monoisotopic (exact) mass is 300 g/mol. The van der Waals surface area contributed by atoms with Crippen LogP contribution in [0.1, 0.15) is 10.4 Å². The number of rotatable bonds is 2. The molecule has 0 saturated carbocycles. The summed E-state index contributed by atoms with van der Waals surface area (Å²) in [7, 11) is 0. The van der Waals surface area contributed by atoms with Crippen LogP contribution in [0.25, 0.3) is 11.1 Å². The summed E-state index contributed by atoms with van der Waals surface area (Å²) < 4.78 is 0. The van der Waals surface area contributed by atoms with Gasteiger partial charge in [0, 0.05) is 0 Å². The Bertz CT molecular complexity index is 624. The molecule has 2 aromatic carbocycles. The molecule has 0 aromatic heterocycles. The van der Waals surface area contributed by atoms with Gasteiger partial charge >= 0.3 is 5.97 Å². The van der Waals surface area contributed by atoms with E-state index in [1.807, 2.05) is 0 Å². The van der Waals surface area contributed by atoms with Gasteiger partial charge < -0.3 is 5.11 Å². The minimum Gasteiger partial charge on any atom is -0.478 e. The first kappa shape index (κ1) is 13.2. The lowest BCUT2D eigenvalue weighted by molar-refractivity contribution is 0.0698. The molecule has 1 N–H and O–H groups in total. The third kappa shape index (κ3) is 2.46. The van der Waals surface area contributed by atoms with E-state index in [4.69, 9.17) is 34.8 Å². The van der Waals surface area contributed by atoms with E-state index in [2.05, 4.69) is 0 Å². The number of carbonyl (C=O) groups is 1. The predicted octanol–water partition coefficient (Wildman–Crippen LogP) is 5.01. The number of carboxylic acid groups (broad SMARTS) is 1. The van der Waals surface area contributed by atoms with Gasteiger partial charge in [-0.25, -0.2) is 4.79 Å². The molecule has 0 radical (unpaired) electrons. The van der Waals surface area contributed by atoms with Crippen LogP contribution in [0.15, 0.2) is 36.4 Å². The van der Waals surface area contributed by atoms with Crippen LogP contribution < -0.4 is 0 Å². The maximum atomic E-state index is 11.2. The molecule has 2 rings (SSSR count). The number of hydrogen-bond donors (Lipinski definition) is 1. The van der Waals surface area contributed by atoms with Crippen molar-refractivity contribution < 1.29 is 9.90 Å². The number of aromatic carboxylic acids is 1. The number of carboxylic acids is 1. The van der Waals surface area contributed by atoms with Gasteiger partial charge in [-0.2, -0.15) is 0 Å². The number of halogens is 3. The third-order valence-electron chi connectivity index (χ3n) is 2.46. The molecule has 0 saturated heterocycles. The SMILES string of the molecule is O=C(O)c1c(Cl)cccc1-c1ccc(Cl)c(Cl)c1. The van der Waals surface area contributed by atoms with Gasteiger partial charge in [0.2, 0.25) is 0 Å². The van der Waals surface area contributed by atoms with Gasteiger partial charge in [0.15, 0.2) is 0 Å². The Labute approximate surface area is 119 Å². The summed E-state index contributed by atoms with van der Waals surface area (Å²) in [5.74, 6) is -1.08. The molecule has 0 aliphatic heterocycles. The van der Waals surface area contributed by atoms with Crippen LogP contribution in [0, 0.1) is 0 Å². The normalized spacial score (nSPS) is 10.4. The zero-order valence-electron chi connectivity index (χ0n) is 8.95. The molecule has 0 aliphatic carbocycles. The van der Waals surface area contributed by atoms with E-state index in [1.54, 1.807) is 30.3 Å². The zero-order valence-corrected chi connectivity index (χ0v) is 11.2. The molecule has 2 aromatic rings. The summed E-state index contributed by atoms with van der Waals surface area (Å²) in [5, 5.41) is 10.2. The summed E-state index contributed by atoms with van der Waals surface area (Å²) in [6, 6.07) is 9.83. The highest BCUT2D eigenvalue weighted by atomic mass is 35.5. The second kappa shape index (κ2) is 5.19. The van der Waals surface area contributed by atoms with Crippen LogP contribution in [0.4, 0.5) is 0 Å². The summed E-state index contributed by atoms with van der Waals surface area (Å²) >= 11 is 17.7. The first-order valence-electron chi connectivity index (χ1n) is 4.98. The van der Waals surface area contributed by atoms with Crippen molar-refractivity contribution in [2.45, 2.75) is 0 Å². The summed E-state index contributed by atoms with van der Waals surface area (Å²) in [4.78, 5) is 11.2. The van der Waals surface area contributed by atoms with Crippen molar-refractivity contribution in [1.82, 2.24) is 0 Å². The standard InChI is InChI=1S/C13H7Cl3O2/c14-9-5-4-7(6-11(9)16)8-2-1-3-10(15)12(8)13(17)18/h1-6H,(H,17,18). The van der Waals surface area contributed by atoms with E-state index in [0.717, 1.165) is 0 Å². The lowest BCUT2D eigenvalue weighted by Gasteiger charge is -2.08. The first-order chi connectivity index (χ1) is 8.50. The highest BCUT2D eigenvalue weighted by Crippen LogP contribution is 2.33. The van der Waals surface area contributed by atoms with Crippen LogP contribution in [0.2, 0.25) is 15.1 Å². The van der Waals surface area contributed by atoms with Gasteiger partial charge in [-0.3, -0.25) is 0 Å². The molecule has 0 unspecified atom stereocenters. The van der Waals surface area contributed by atoms with Gasteiger partial charge in [-0.15, -0.1) is 0 Å². The van der Waals surface area contributed by atoms with Gasteiger partial charge in [0.1, 0.15) is 0 Å². The Hall–Kier alpha value is -1.22. The molecule has 0 bridgehead atoms. The van der Waals surface area contributed by atoms with Gasteiger partial charge in [0.05, 0.1) is 20.6 Å². The predicted molar refractivity (Wildman–Crippen MR) is 73.9 cm³/mol. The van der Waals surface area contributed by atoms with Crippen LogP contribution in [0.3, 0.4) is 0 Å². The Kier molecular flexibility index (Phi) is 3.81. The van der Waals surface area contributed by atoms with Gasteiger partial charge in [-0.1, -0.05) is 53.0 Å². The summed E-state index contributed by atoms with van der Waals surface area (Å²) in [5.41, 5.74) is 1.22.